The third-order valence-corrected chi connectivity index (χ3v) is 5.25. The van der Waals surface area contributed by atoms with Crippen LogP contribution in [-0.2, 0) is 11.2 Å². The van der Waals surface area contributed by atoms with Crippen LogP contribution in [0.4, 0.5) is 0 Å². The van der Waals surface area contributed by atoms with Crippen LogP contribution in [-0.4, -0.2) is 54.9 Å². The fourth-order valence-corrected chi connectivity index (χ4v) is 3.51. The zero-order valence-electron chi connectivity index (χ0n) is 19.8. The smallest absolute Gasteiger partial charge is 0.258 e. The van der Waals surface area contributed by atoms with Gasteiger partial charge in [0, 0.05) is 19.1 Å². The number of halogens is 1. The molecule has 1 saturated carbocycles. The lowest BCUT2D eigenvalue weighted by molar-refractivity contribution is -0.123. The van der Waals surface area contributed by atoms with E-state index >= 15 is 0 Å². The second-order valence-electron chi connectivity index (χ2n) is 8.37. The Bertz CT molecular complexity index is 687. The lowest BCUT2D eigenvalue weighted by Gasteiger charge is -2.26. The molecule has 1 aromatic rings. The Morgan fingerprint density at radius 2 is 1.78 bits per heavy atom. The minimum absolute atomic E-state index is 0. The molecular formula is C24H41IN4O3. The fraction of sp³-hybridized carbons (Fsp3) is 0.667. The summed E-state index contributed by atoms with van der Waals surface area (Å²) in [5.74, 6) is 1.37. The molecule has 0 saturated heterocycles. The molecule has 1 amide bonds. The molecule has 1 fully saturated rings. The van der Waals surface area contributed by atoms with Gasteiger partial charge in [-0.2, -0.15) is 0 Å². The number of nitrogens with zero attached hydrogens (tertiary/aromatic N) is 1. The Labute approximate surface area is 210 Å². The van der Waals surface area contributed by atoms with Crippen LogP contribution in [0.2, 0.25) is 0 Å². The molecular weight excluding hydrogens is 519 g/mol. The maximum absolute atomic E-state index is 11.7. The predicted molar refractivity (Wildman–Crippen MR) is 141 cm³/mol. The summed E-state index contributed by atoms with van der Waals surface area (Å²) < 4.78 is 5.55. The molecule has 0 aromatic heterocycles. The van der Waals surface area contributed by atoms with Crippen LogP contribution in [0.25, 0.3) is 0 Å². The van der Waals surface area contributed by atoms with E-state index in [2.05, 4.69) is 34.8 Å². The van der Waals surface area contributed by atoms with Gasteiger partial charge in [-0.3, -0.25) is 9.79 Å². The van der Waals surface area contributed by atoms with Gasteiger partial charge in [0.2, 0.25) is 0 Å². The van der Waals surface area contributed by atoms with E-state index in [1.54, 1.807) is 0 Å². The third-order valence-electron chi connectivity index (χ3n) is 5.25. The first-order valence-electron chi connectivity index (χ1n) is 11.7. The Hall–Kier alpha value is -1.55. The highest BCUT2D eigenvalue weighted by Gasteiger charge is 2.24. The predicted octanol–water partition coefficient (Wildman–Crippen LogP) is 3.39. The third kappa shape index (κ3) is 11.4. The van der Waals surface area contributed by atoms with E-state index in [4.69, 9.17) is 4.74 Å². The molecule has 0 heterocycles. The number of hydrogen-bond acceptors (Lipinski definition) is 4. The van der Waals surface area contributed by atoms with E-state index in [-0.39, 0.29) is 36.5 Å². The van der Waals surface area contributed by atoms with E-state index in [0.29, 0.717) is 18.3 Å². The lowest BCUT2D eigenvalue weighted by Crippen LogP contribution is -2.40. The molecule has 0 spiro atoms. The average Bonchev–Trinajstić information content (AvgIpc) is 3.56. The standard InChI is InChI=1S/C24H40N4O3.HI/c1-4-14-24(30,15-5-2)18-27-23(25-6-3)26-16-13-19-7-11-21(12-8-19)31-17-22(29)28-20-9-10-20;/h7-8,11-12,20,30H,4-6,9-10,13-18H2,1-3H3,(H,28,29)(H2,25,26,27);1H. The maximum atomic E-state index is 11.7. The number of amides is 1. The summed E-state index contributed by atoms with van der Waals surface area (Å²) in [5.41, 5.74) is 0.448. The Morgan fingerprint density at radius 1 is 1.12 bits per heavy atom. The molecule has 0 atom stereocenters. The van der Waals surface area contributed by atoms with Crippen LogP contribution < -0.4 is 20.7 Å². The summed E-state index contributed by atoms with van der Waals surface area (Å²) in [5, 5.41) is 20.3. The number of guanidine groups is 1. The van der Waals surface area contributed by atoms with Gasteiger partial charge in [-0.05, 0) is 56.7 Å². The largest absolute Gasteiger partial charge is 0.484 e. The van der Waals surface area contributed by atoms with Crippen molar-refractivity contribution in [3.05, 3.63) is 29.8 Å². The van der Waals surface area contributed by atoms with Gasteiger partial charge in [0.15, 0.2) is 12.6 Å². The van der Waals surface area contributed by atoms with Crippen molar-refractivity contribution in [1.82, 2.24) is 16.0 Å². The van der Waals surface area contributed by atoms with Crippen molar-refractivity contribution in [2.75, 3.05) is 26.2 Å². The number of rotatable bonds is 14. The quantitative estimate of drug-likeness (QED) is 0.159. The molecule has 7 nitrogen and oxygen atoms in total. The molecule has 0 bridgehead atoms. The zero-order chi connectivity index (χ0) is 22.5. The second kappa shape index (κ2) is 15.3. The highest BCUT2D eigenvalue weighted by atomic mass is 127. The summed E-state index contributed by atoms with van der Waals surface area (Å²) in [6.07, 6.45) is 6.41. The van der Waals surface area contributed by atoms with Gasteiger partial charge < -0.3 is 25.8 Å². The molecule has 0 unspecified atom stereocenters. The molecule has 182 valence electrons. The molecule has 32 heavy (non-hydrogen) atoms. The Balaban J connectivity index is 0.00000512. The van der Waals surface area contributed by atoms with Gasteiger partial charge in [0.05, 0.1) is 12.1 Å². The first-order valence-corrected chi connectivity index (χ1v) is 11.7. The first kappa shape index (κ1) is 28.5. The molecule has 2 rings (SSSR count). The van der Waals surface area contributed by atoms with Crippen molar-refractivity contribution in [3.8, 4) is 5.75 Å². The SMILES string of the molecule is CCCC(O)(CCC)CN=C(NCC)NCCc1ccc(OCC(=O)NC2CC2)cc1.I. The monoisotopic (exact) mass is 560 g/mol. The van der Waals surface area contributed by atoms with Crippen molar-refractivity contribution in [2.24, 2.45) is 4.99 Å². The molecule has 1 aliphatic carbocycles. The van der Waals surface area contributed by atoms with Gasteiger partial charge in [-0.25, -0.2) is 0 Å². The zero-order valence-corrected chi connectivity index (χ0v) is 22.1. The molecule has 1 aliphatic rings. The number of hydrogen-bond donors (Lipinski definition) is 4. The van der Waals surface area contributed by atoms with Crippen molar-refractivity contribution < 1.29 is 14.6 Å². The topological polar surface area (TPSA) is 95.0 Å². The molecule has 8 heteroatoms. The second-order valence-corrected chi connectivity index (χ2v) is 8.37. The average molecular weight is 561 g/mol. The van der Waals surface area contributed by atoms with Gasteiger partial charge in [0.25, 0.3) is 5.91 Å². The number of carbonyl (C=O) groups is 1. The van der Waals surface area contributed by atoms with Crippen molar-refractivity contribution >= 4 is 35.8 Å². The van der Waals surface area contributed by atoms with E-state index in [1.165, 1.54) is 5.56 Å². The van der Waals surface area contributed by atoms with E-state index < -0.39 is 5.60 Å². The number of aliphatic hydroxyl groups is 1. The molecule has 4 N–H and O–H groups in total. The maximum Gasteiger partial charge on any atom is 0.258 e. The summed E-state index contributed by atoms with van der Waals surface area (Å²) in [6, 6.07) is 8.18. The van der Waals surface area contributed by atoms with Crippen LogP contribution in [0, 0.1) is 0 Å². The normalized spacial score (nSPS) is 13.8. The Kier molecular flexibility index (Phi) is 13.6. The molecule has 0 aliphatic heterocycles. The molecule has 1 aromatic carbocycles. The summed E-state index contributed by atoms with van der Waals surface area (Å²) in [4.78, 5) is 16.3. The number of benzene rings is 1. The van der Waals surface area contributed by atoms with Gasteiger partial charge in [-0.1, -0.05) is 38.8 Å². The number of ether oxygens (including phenoxy) is 1. The summed E-state index contributed by atoms with van der Waals surface area (Å²) >= 11 is 0. The summed E-state index contributed by atoms with van der Waals surface area (Å²) in [7, 11) is 0. The lowest BCUT2D eigenvalue weighted by atomic mass is 9.93. The van der Waals surface area contributed by atoms with Crippen LogP contribution >= 0.6 is 24.0 Å². The van der Waals surface area contributed by atoms with Gasteiger partial charge >= 0.3 is 0 Å². The summed E-state index contributed by atoms with van der Waals surface area (Å²) in [6.45, 7) is 8.18. The molecule has 0 radical (unpaired) electrons. The minimum atomic E-state index is -0.725. The van der Waals surface area contributed by atoms with Crippen LogP contribution in [0.5, 0.6) is 5.75 Å². The minimum Gasteiger partial charge on any atom is -0.484 e. The van der Waals surface area contributed by atoms with Crippen molar-refractivity contribution in [3.63, 3.8) is 0 Å². The van der Waals surface area contributed by atoms with Crippen LogP contribution in [0.15, 0.2) is 29.3 Å². The Morgan fingerprint density at radius 3 is 2.34 bits per heavy atom. The van der Waals surface area contributed by atoms with Crippen LogP contribution in [0.3, 0.4) is 0 Å². The fourth-order valence-electron chi connectivity index (χ4n) is 3.51. The van der Waals surface area contributed by atoms with E-state index in [9.17, 15) is 9.90 Å². The number of carbonyl (C=O) groups excluding carboxylic acids is 1. The van der Waals surface area contributed by atoms with Crippen molar-refractivity contribution in [1.29, 1.82) is 0 Å². The van der Waals surface area contributed by atoms with Gasteiger partial charge in [-0.15, -0.1) is 24.0 Å². The number of aliphatic imine (C=N–C) groups is 1. The van der Waals surface area contributed by atoms with Crippen LogP contribution in [0.1, 0.15) is 64.9 Å². The number of nitrogens with one attached hydrogen (secondary N) is 3. The van der Waals surface area contributed by atoms with E-state index in [0.717, 1.165) is 64.0 Å². The van der Waals surface area contributed by atoms with E-state index in [1.807, 2.05) is 31.2 Å². The van der Waals surface area contributed by atoms with Crippen molar-refractivity contribution in [2.45, 2.75) is 77.4 Å². The first-order chi connectivity index (χ1) is 15.0. The highest BCUT2D eigenvalue weighted by molar-refractivity contribution is 14.0. The highest BCUT2D eigenvalue weighted by Crippen LogP contribution is 2.20. The van der Waals surface area contributed by atoms with Gasteiger partial charge in [0.1, 0.15) is 5.75 Å².